The van der Waals surface area contributed by atoms with E-state index in [0.717, 1.165) is 5.69 Å². The van der Waals surface area contributed by atoms with Crippen molar-refractivity contribution in [2.75, 3.05) is 32.6 Å². The Morgan fingerprint density at radius 2 is 2.28 bits per heavy atom. The van der Waals surface area contributed by atoms with Crippen molar-refractivity contribution in [1.29, 1.82) is 0 Å². The van der Waals surface area contributed by atoms with Gasteiger partial charge in [-0.15, -0.1) is 11.3 Å². The number of hydrogen-bond donors (Lipinski definition) is 1. The number of carbonyl (C=O) groups is 2. The highest BCUT2D eigenvalue weighted by molar-refractivity contribution is 7.13. The number of thiazole rings is 1. The molecule has 1 heterocycles. The fourth-order valence-electron chi connectivity index (χ4n) is 1.28. The molecule has 7 heteroatoms. The molecule has 0 atom stereocenters. The number of anilines is 1. The number of esters is 1. The van der Waals surface area contributed by atoms with Gasteiger partial charge in [-0.25, -0.2) is 4.98 Å². The number of methoxy groups -OCH3 is 1. The summed E-state index contributed by atoms with van der Waals surface area (Å²) in [5.41, 5.74) is 0.884. The zero-order valence-corrected chi connectivity index (χ0v) is 11.5. The average Bonchev–Trinajstić information content (AvgIpc) is 2.71. The molecular formula is C11H17N3O3S. The zero-order chi connectivity index (χ0) is 13.5. The smallest absolute Gasteiger partial charge is 0.306 e. The second kappa shape index (κ2) is 7.07. The molecule has 1 N–H and O–H groups in total. The van der Waals surface area contributed by atoms with E-state index in [1.807, 2.05) is 12.3 Å². The first-order valence-corrected chi connectivity index (χ1v) is 6.36. The van der Waals surface area contributed by atoms with Gasteiger partial charge in [-0.3, -0.25) is 14.5 Å². The Morgan fingerprint density at radius 1 is 1.56 bits per heavy atom. The summed E-state index contributed by atoms with van der Waals surface area (Å²) in [5.74, 6) is -0.422. The lowest BCUT2D eigenvalue weighted by Crippen LogP contribution is -2.31. The Balaban J connectivity index is 2.29. The standard InChI is InChI=1S/C11H17N3O3S/c1-8-7-18-11(12-8)13-9(15)6-14(2)5-4-10(16)17-3/h7H,4-6H2,1-3H3,(H,12,13,15). The van der Waals surface area contributed by atoms with Gasteiger partial charge in [0.15, 0.2) is 5.13 Å². The topological polar surface area (TPSA) is 71.5 Å². The number of aromatic nitrogens is 1. The lowest BCUT2D eigenvalue weighted by molar-refractivity contribution is -0.141. The summed E-state index contributed by atoms with van der Waals surface area (Å²) in [6.45, 7) is 2.57. The molecule has 0 spiro atoms. The van der Waals surface area contributed by atoms with Crippen molar-refractivity contribution in [3.63, 3.8) is 0 Å². The largest absolute Gasteiger partial charge is 0.469 e. The van der Waals surface area contributed by atoms with Crippen LogP contribution in [0.25, 0.3) is 0 Å². The monoisotopic (exact) mass is 271 g/mol. The van der Waals surface area contributed by atoms with Crippen LogP contribution in [0.5, 0.6) is 0 Å². The van der Waals surface area contributed by atoms with Gasteiger partial charge in [0.1, 0.15) is 0 Å². The molecule has 1 aromatic rings. The molecule has 0 radical (unpaired) electrons. The van der Waals surface area contributed by atoms with E-state index < -0.39 is 0 Å². The first kappa shape index (κ1) is 14.6. The Hall–Kier alpha value is -1.47. The Labute approximate surface area is 110 Å². The summed E-state index contributed by atoms with van der Waals surface area (Å²) in [5, 5.41) is 5.17. The predicted octanol–water partition coefficient (Wildman–Crippen LogP) is 0.885. The van der Waals surface area contributed by atoms with Crippen LogP contribution in [-0.4, -0.2) is 49.0 Å². The van der Waals surface area contributed by atoms with Crippen LogP contribution in [0.1, 0.15) is 12.1 Å². The summed E-state index contributed by atoms with van der Waals surface area (Å²) >= 11 is 1.39. The van der Waals surface area contributed by atoms with Gasteiger partial charge < -0.3 is 10.1 Å². The third-order valence-electron chi connectivity index (χ3n) is 2.20. The summed E-state index contributed by atoms with van der Waals surface area (Å²) < 4.78 is 4.53. The fourth-order valence-corrected chi connectivity index (χ4v) is 1.98. The molecule has 1 aromatic heterocycles. The van der Waals surface area contributed by atoms with Crippen molar-refractivity contribution >= 4 is 28.3 Å². The SMILES string of the molecule is COC(=O)CCN(C)CC(=O)Nc1nc(C)cs1. The molecule has 0 aliphatic carbocycles. The number of amides is 1. The number of likely N-dealkylation sites (N-methyl/N-ethyl adjacent to an activating group) is 1. The van der Waals surface area contributed by atoms with Crippen LogP contribution in [0.15, 0.2) is 5.38 Å². The number of nitrogens with one attached hydrogen (secondary N) is 1. The molecule has 0 unspecified atom stereocenters. The zero-order valence-electron chi connectivity index (χ0n) is 10.7. The molecule has 0 saturated heterocycles. The molecule has 6 nitrogen and oxygen atoms in total. The number of rotatable bonds is 6. The van der Waals surface area contributed by atoms with Gasteiger partial charge in [0, 0.05) is 11.9 Å². The minimum absolute atomic E-state index is 0.142. The number of hydrogen-bond acceptors (Lipinski definition) is 6. The number of carbonyl (C=O) groups excluding carboxylic acids is 2. The van der Waals surface area contributed by atoms with E-state index in [4.69, 9.17) is 0 Å². The molecule has 0 aromatic carbocycles. The fraction of sp³-hybridized carbons (Fsp3) is 0.545. The first-order chi connectivity index (χ1) is 8.51. The van der Waals surface area contributed by atoms with Crippen molar-refractivity contribution in [3.05, 3.63) is 11.1 Å². The van der Waals surface area contributed by atoms with E-state index in [1.54, 1.807) is 11.9 Å². The highest BCUT2D eigenvalue weighted by atomic mass is 32.1. The van der Waals surface area contributed by atoms with Crippen molar-refractivity contribution in [2.45, 2.75) is 13.3 Å². The lowest BCUT2D eigenvalue weighted by Gasteiger charge is -2.14. The van der Waals surface area contributed by atoms with Gasteiger partial charge in [0.2, 0.25) is 5.91 Å². The normalized spacial score (nSPS) is 10.4. The molecule has 0 fully saturated rings. The van der Waals surface area contributed by atoms with E-state index in [9.17, 15) is 9.59 Å². The minimum Gasteiger partial charge on any atom is -0.469 e. The van der Waals surface area contributed by atoms with Crippen molar-refractivity contribution in [3.8, 4) is 0 Å². The van der Waals surface area contributed by atoms with Gasteiger partial charge in [0.25, 0.3) is 0 Å². The van der Waals surface area contributed by atoms with Crippen LogP contribution >= 0.6 is 11.3 Å². The van der Waals surface area contributed by atoms with E-state index in [-0.39, 0.29) is 24.8 Å². The maximum absolute atomic E-state index is 11.6. The molecular weight excluding hydrogens is 254 g/mol. The summed E-state index contributed by atoms with van der Waals surface area (Å²) in [7, 11) is 3.12. The quantitative estimate of drug-likeness (QED) is 0.778. The van der Waals surface area contributed by atoms with Gasteiger partial charge in [-0.2, -0.15) is 0 Å². The van der Waals surface area contributed by atoms with E-state index in [1.165, 1.54) is 18.4 Å². The van der Waals surface area contributed by atoms with Crippen LogP contribution in [0, 0.1) is 6.92 Å². The second-order valence-electron chi connectivity index (χ2n) is 3.91. The molecule has 0 saturated carbocycles. The molecule has 1 rings (SSSR count). The molecule has 18 heavy (non-hydrogen) atoms. The third-order valence-corrected chi connectivity index (χ3v) is 3.08. The third kappa shape index (κ3) is 5.24. The highest BCUT2D eigenvalue weighted by Gasteiger charge is 2.10. The summed E-state index contributed by atoms with van der Waals surface area (Å²) in [6, 6.07) is 0. The van der Waals surface area contributed by atoms with Gasteiger partial charge in [0.05, 0.1) is 25.8 Å². The molecule has 100 valence electrons. The van der Waals surface area contributed by atoms with E-state index in [2.05, 4.69) is 15.0 Å². The summed E-state index contributed by atoms with van der Waals surface area (Å²) in [4.78, 5) is 28.5. The molecule has 1 amide bonds. The molecule has 0 aliphatic heterocycles. The predicted molar refractivity (Wildman–Crippen MR) is 69.6 cm³/mol. The van der Waals surface area contributed by atoms with Crippen LogP contribution in [0.4, 0.5) is 5.13 Å². The Morgan fingerprint density at radius 3 is 2.83 bits per heavy atom. The van der Waals surface area contributed by atoms with Crippen molar-refractivity contribution in [1.82, 2.24) is 9.88 Å². The molecule has 0 aliphatic rings. The minimum atomic E-state index is -0.280. The maximum atomic E-state index is 11.6. The average molecular weight is 271 g/mol. The van der Waals surface area contributed by atoms with Crippen molar-refractivity contribution < 1.29 is 14.3 Å². The Kier molecular flexibility index (Phi) is 5.73. The first-order valence-electron chi connectivity index (χ1n) is 5.48. The maximum Gasteiger partial charge on any atom is 0.306 e. The van der Waals surface area contributed by atoms with Crippen LogP contribution in [0.2, 0.25) is 0 Å². The lowest BCUT2D eigenvalue weighted by atomic mass is 10.4. The number of ether oxygens (including phenoxy) is 1. The van der Waals surface area contributed by atoms with Crippen LogP contribution in [0.3, 0.4) is 0 Å². The van der Waals surface area contributed by atoms with Crippen molar-refractivity contribution in [2.24, 2.45) is 0 Å². The van der Waals surface area contributed by atoms with Gasteiger partial charge in [-0.05, 0) is 14.0 Å². The van der Waals surface area contributed by atoms with E-state index in [0.29, 0.717) is 11.7 Å². The number of nitrogens with zero attached hydrogens (tertiary/aromatic N) is 2. The van der Waals surface area contributed by atoms with E-state index >= 15 is 0 Å². The van der Waals surface area contributed by atoms with Gasteiger partial charge in [-0.1, -0.05) is 0 Å². The number of aryl methyl sites for hydroxylation is 1. The van der Waals surface area contributed by atoms with Crippen LogP contribution in [-0.2, 0) is 14.3 Å². The summed E-state index contributed by atoms with van der Waals surface area (Å²) in [6.07, 6.45) is 0.274. The highest BCUT2D eigenvalue weighted by Crippen LogP contribution is 2.13. The molecule has 0 bridgehead atoms. The van der Waals surface area contributed by atoms with Crippen LogP contribution < -0.4 is 5.32 Å². The Bertz CT molecular complexity index is 419. The second-order valence-corrected chi connectivity index (χ2v) is 4.76. The van der Waals surface area contributed by atoms with Gasteiger partial charge >= 0.3 is 5.97 Å².